The van der Waals surface area contributed by atoms with Crippen LogP contribution in [0.3, 0.4) is 0 Å². The number of nitrogens with one attached hydrogen (secondary N) is 1. The third kappa shape index (κ3) is 3.16. The molecule has 0 aliphatic heterocycles. The molecule has 1 atom stereocenters. The van der Waals surface area contributed by atoms with Gasteiger partial charge in [0.2, 0.25) is 0 Å². The summed E-state index contributed by atoms with van der Waals surface area (Å²) in [6, 6.07) is 11.3. The van der Waals surface area contributed by atoms with Crippen LogP contribution in [0.4, 0.5) is 5.69 Å². The third-order valence-electron chi connectivity index (χ3n) is 3.81. The SMILES string of the molecule is CCC(Nc1cccc(Cn2cccn2)c1)C1CC1. The molecule has 19 heavy (non-hydrogen) atoms. The summed E-state index contributed by atoms with van der Waals surface area (Å²) >= 11 is 0. The van der Waals surface area contributed by atoms with E-state index in [0.717, 1.165) is 12.5 Å². The zero-order valence-corrected chi connectivity index (χ0v) is 11.4. The Bertz CT molecular complexity index is 515. The Morgan fingerprint density at radius 2 is 2.26 bits per heavy atom. The maximum absolute atomic E-state index is 4.25. The van der Waals surface area contributed by atoms with Gasteiger partial charge in [-0.15, -0.1) is 0 Å². The molecule has 0 radical (unpaired) electrons. The molecule has 1 aromatic carbocycles. The van der Waals surface area contributed by atoms with E-state index in [2.05, 4.69) is 41.6 Å². The molecule has 2 aromatic rings. The first kappa shape index (κ1) is 12.3. The molecule has 0 spiro atoms. The van der Waals surface area contributed by atoms with Crippen molar-refractivity contribution in [3.8, 4) is 0 Å². The summed E-state index contributed by atoms with van der Waals surface area (Å²) in [5, 5.41) is 7.93. The Hall–Kier alpha value is -1.77. The van der Waals surface area contributed by atoms with Gasteiger partial charge >= 0.3 is 0 Å². The fourth-order valence-corrected chi connectivity index (χ4v) is 2.61. The second-order valence-electron chi connectivity index (χ2n) is 5.40. The lowest BCUT2D eigenvalue weighted by Crippen LogP contribution is -2.20. The quantitative estimate of drug-likeness (QED) is 0.855. The van der Waals surface area contributed by atoms with Gasteiger partial charge in [0, 0.05) is 24.1 Å². The van der Waals surface area contributed by atoms with Crippen molar-refractivity contribution in [3.05, 3.63) is 48.3 Å². The van der Waals surface area contributed by atoms with Crippen LogP contribution in [0, 0.1) is 5.92 Å². The van der Waals surface area contributed by atoms with Crippen LogP contribution in [-0.2, 0) is 6.54 Å². The van der Waals surface area contributed by atoms with Crippen LogP contribution >= 0.6 is 0 Å². The van der Waals surface area contributed by atoms with Crippen molar-refractivity contribution in [2.45, 2.75) is 38.8 Å². The molecule has 1 aromatic heterocycles. The van der Waals surface area contributed by atoms with Crippen LogP contribution < -0.4 is 5.32 Å². The smallest absolute Gasteiger partial charge is 0.0660 e. The van der Waals surface area contributed by atoms with Crippen LogP contribution in [-0.4, -0.2) is 15.8 Å². The first-order valence-corrected chi connectivity index (χ1v) is 7.18. The highest BCUT2D eigenvalue weighted by Gasteiger charge is 2.29. The number of rotatable bonds is 6. The molecular weight excluding hydrogens is 234 g/mol. The summed E-state index contributed by atoms with van der Waals surface area (Å²) in [7, 11) is 0. The van der Waals surface area contributed by atoms with Crippen molar-refractivity contribution in [2.24, 2.45) is 5.92 Å². The van der Waals surface area contributed by atoms with E-state index in [1.165, 1.54) is 30.5 Å². The number of anilines is 1. The summed E-state index contributed by atoms with van der Waals surface area (Å²) < 4.78 is 1.96. The van der Waals surface area contributed by atoms with Crippen LogP contribution in [0.25, 0.3) is 0 Å². The summed E-state index contributed by atoms with van der Waals surface area (Å²) in [5.41, 5.74) is 2.53. The van der Waals surface area contributed by atoms with Crippen LogP contribution in [0.15, 0.2) is 42.7 Å². The predicted octanol–water partition coefficient (Wildman–Crippen LogP) is 3.53. The molecule has 0 amide bonds. The van der Waals surface area contributed by atoms with Crippen molar-refractivity contribution < 1.29 is 0 Å². The van der Waals surface area contributed by atoms with Crippen molar-refractivity contribution >= 4 is 5.69 Å². The highest BCUT2D eigenvalue weighted by atomic mass is 15.3. The van der Waals surface area contributed by atoms with Gasteiger partial charge in [-0.1, -0.05) is 19.1 Å². The van der Waals surface area contributed by atoms with E-state index in [4.69, 9.17) is 0 Å². The Balaban J connectivity index is 1.68. The highest BCUT2D eigenvalue weighted by molar-refractivity contribution is 5.47. The molecule has 1 N–H and O–H groups in total. The van der Waals surface area contributed by atoms with Gasteiger partial charge in [-0.05, 0) is 48.9 Å². The van der Waals surface area contributed by atoms with Gasteiger partial charge in [0.15, 0.2) is 0 Å². The van der Waals surface area contributed by atoms with E-state index < -0.39 is 0 Å². The van der Waals surface area contributed by atoms with E-state index in [9.17, 15) is 0 Å². The second-order valence-corrected chi connectivity index (χ2v) is 5.40. The predicted molar refractivity (Wildman–Crippen MR) is 78.2 cm³/mol. The normalized spacial score (nSPS) is 16.3. The molecular formula is C16H21N3. The molecule has 3 heteroatoms. The Morgan fingerprint density at radius 1 is 1.37 bits per heavy atom. The lowest BCUT2D eigenvalue weighted by atomic mass is 10.1. The first-order valence-electron chi connectivity index (χ1n) is 7.18. The van der Waals surface area contributed by atoms with E-state index >= 15 is 0 Å². The minimum atomic E-state index is 0.639. The van der Waals surface area contributed by atoms with Crippen molar-refractivity contribution in [1.82, 2.24) is 9.78 Å². The van der Waals surface area contributed by atoms with Gasteiger partial charge in [0.1, 0.15) is 0 Å². The third-order valence-corrected chi connectivity index (χ3v) is 3.81. The fraction of sp³-hybridized carbons (Fsp3) is 0.438. The molecule has 1 heterocycles. The molecule has 1 unspecified atom stereocenters. The minimum Gasteiger partial charge on any atom is -0.382 e. The summed E-state index contributed by atoms with van der Waals surface area (Å²) in [6.07, 6.45) is 7.80. The molecule has 1 fully saturated rings. The molecule has 3 nitrogen and oxygen atoms in total. The Labute approximate surface area is 114 Å². The first-order chi connectivity index (χ1) is 9.35. The number of hydrogen-bond donors (Lipinski definition) is 1. The molecule has 1 aliphatic rings. The summed E-state index contributed by atoms with van der Waals surface area (Å²) in [5.74, 6) is 0.889. The minimum absolute atomic E-state index is 0.639. The number of aromatic nitrogens is 2. The molecule has 1 aliphatic carbocycles. The Morgan fingerprint density at radius 3 is 2.95 bits per heavy atom. The summed E-state index contributed by atoms with van der Waals surface area (Å²) in [6.45, 7) is 3.10. The van der Waals surface area contributed by atoms with Crippen molar-refractivity contribution in [3.63, 3.8) is 0 Å². The van der Waals surface area contributed by atoms with Gasteiger partial charge in [-0.2, -0.15) is 5.10 Å². The van der Waals surface area contributed by atoms with Gasteiger partial charge < -0.3 is 5.32 Å². The van der Waals surface area contributed by atoms with Gasteiger partial charge in [0.25, 0.3) is 0 Å². The van der Waals surface area contributed by atoms with Gasteiger partial charge in [-0.25, -0.2) is 0 Å². The van der Waals surface area contributed by atoms with Gasteiger partial charge in [0.05, 0.1) is 6.54 Å². The standard InChI is InChI=1S/C16H21N3/c1-2-16(14-7-8-14)18-15-6-3-5-13(11-15)12-19-10-4-9-17-19/h3-6,9-11,14,16,18H,2,7-8,12H2,1H3. The second kappa shape index (κ2) is 5.47. The van der Waals surface area contributed by atoms with E-state index in [1.807, 2.05) is 23.1 Å². The largest absolute Gasteiger partial charge is 0.382 e. The zero-order valence-electron chi connectivity index (χ0n) is 11.4. The lowest BCUT2D eigenvalue weighted by molar-refractivity contribution is 0.616. The fourth-order valence-electron chi connectivity index (χ4n) is 2.61. The monoisotopic (exact) mass is 255 g/mol. The zero-order chi connectivity index (χ0) is 13.1. The van der Waals surface area contributed by atoms with Crippen molar-refractivity contribution in [1.29, 1.82) is 0 Å². The van der Waals surface area contributed by atoms with E-state index in [-0.39, 0.29) is 0 Å². The van der Waals surface area contributed by atoms with Crippen LogP contribution in [0.5, 0.6) is 0 Å². The van der Waals surface area contributed by atoms with Crippen LogP contribution in [0.1, 0.15) is 31.7 Å². The maximum atomic E-state index is 4.25. The topological polar surface area (TPSA) is 29.9 Å². The molecule has 0 bridgehead atoms. The van der Waals surface area contributed by atoms with Crippen LogP contribution in [0.2, 0.25) is 0 Å². The van der Waals surface area contributed by atoms with Gasteiger partial charge in [-0.3, -0.25) is 4.68 Å². The number of benzene rings is 1. The average molecular weight is 255 g/mol. The van der Waals surface area contributed by atoms with E-state index in [1.54, 1.807) is 0 Å². The molecule has 3 rings (SSSR count). The van der Waals surface area contributed by atoms with Crippen molar-refractivity contribution in [2.75, 3.05) is 5.32 Å². The lowest BCUT2D eigenvalue weighted by Gasteiger charge is -2.18. The average Bonchev–Trinajstić information content (AvgIpc) is 3.15. The highest BCUT2D eigenvalue weighted by Crippen LogP contribution is 2.35. The molecule has 0 saturated heterocycles. The number of hydrogen-bond acceptors (Lipinski definition) is 2. The summed E-state index contributed by atoms with van der Waals surface area (Å²) in [4.78, 5) is 0. The molecule has 1 saturated carbocycles. The van der Waals surface area contributed by atoms with E-state index in [0.29, 0.717) is 6.04 Å². The maximum Gasteiger partial charge on any atom is 0.0660 e. The number of nitrogens with zero attached hydrogens (tertiary/aromatic N) is 2. The Kier molecular flexibility index (Phi) is 3.53. The molecule has 100 valence electrons.